The van der Waals surface area contributed by atoms with Crippen molar-refractivity contribution < 1.29 is 4.74 Å². The van der Waals surface area contributed by atoms with E-state index in [1.807, 2.05) is 6.07 Å². The van der Waals surface area contributed by atoms with Gasteiger partial charge in [-0.15, -0.1) is 0 Å². The summed E-state index contributed by atoms with van der Waals surface area (Å²) in [7, 11) is 0. The molecule has 1 aliphatic rings. The summed E-state index contributed by atoms with van der Waals surface area (Å²) in [6.45, 7) is 3.69. The lowest BCUT2D eigenvalue weighted by Crippen LogP contribution is -2.13. The molecular formula is C13H13NO. The van der Waals surface area contributed by atoms with Gasteiger partial charge in [-0.25, -0.2) is 0 Å². The fourth-order valence-electron chi connectivity index (χ4n) is 2.22. The highest BCUT2D eigenvalue weighted by Crippen LogP contribution is 2.25. The smallest absolute Gasteiger partial charge is 0.0737 e. The maximum absolute atomic E-state index is 5.49. The molecule has 0 spiro atoms. The SMILES string of the molecule is Cc1c2c(nc3ccccc13)CCOC2. The highest BCUT2D eigenvalue weighted by atomic mass is 16.5. The second kappa shape index (κ2) is 3.31. The van der Waals surface area contributed by atoms with E-state index in [0.29, 0.717) is 0 Å². The Kier molecular flexibility index (Phi) is 1.96. The Morgan fingerprint density at radius 1 is 1.27 bits per heavy atom. The van der Waals surface area contributed by atoms with Crippen LogP contribution in [-0.4, -0.2) is 11.6 Å². The molecule has 15 heavy (non-hydrogen) atoms. The van der Waals surface area contributed by atoms with E-state index in [2.05, 4.69) is 25.1 Å². The normalized spacial score (nSPS) is 15.3. The minimum atomic E-state index is 0.721. The van der Waals surface area contributed by atoms with Gasteiger partial charge < -0.3 is 4.74 Å². The monoisotopic (exact) mass is 199 g/mol. The van der Waals surface area contributed by atoms with Gasteiger partial charge in [0.05, 0.1) is 18.7 Å². The molecule has 0 unspecified atom stereocenters. The van der Waals surface area contributed by atoms with E-state index >= 15 is 0 Å². The van der Waals surface area contributed by atoms with E-state index in [1.165, 1.54) is 22.2 Å². The lowest BCUT2D eigenvalue weighted by atomic mass is 10.00. The van der Waals surface area contributed by atoms with Gasteiger partial charge in [-0.05, 0) is 18.6 Å². The summed E-state index contributed by atoms with van der Waals surface area (Å²) in [6, 6.07) is 8.32. The molecule has 0 N–H and O–H groups in total. The summed E-state index contributed by atoms with van der Waals surface area (Å²) in [6.07, 6.45) is 0.945. The molecule has 0 radical (unpaired) electrons. The van der Waals surface area contributed by atoms with Crippen LogP contribution in [0.5, 0.6) is 0 Å². The van der Waals surface area contributed by atoms with Crippen LogP contribution >= 0.6 is 0 Å². The molecule has 1 aromatic heterocycles. The fourth-order valence-corrected chi connectivity index (χ4v) is 2.22. The number of nitrogens with zero attached hydrogens (tertiary/aromatic N) is 1. The van der Waals surface area contributed by atoms with E-state index in [-0.39, 0.29) is 0 Å². The zero-order valence-corrected chi connectivity index (χ0v) is 8.79. The van der Waals surface area contributed by atoms with Crippen LogP contribution in [0.3, 0.4) is 0 Å². The zero-order valence-electron chi connectivity index (χ0n) is 8.79. The molecule has 0 saturated heterocycles. The number of hydrogen-bond donors (Lipinski definition) is 0. The Balaban J connectivity index is 2.36. The molecule has 0 amide bonds. The van der Waals surface area contributed by atoms with Crippen molar-refractivity contribution in [2.24, 2.45) is 0 Å². The van der Waals surface area contributed by atoms with Gasteiger partial charge in [-0.2, -0.15) is 0 Å². The van der Waals surface area contributed by atoms with Crippen molar-refractivity contribution in [3.8, 4) is 0 Å². The molecule has 2 aromatic rings. The topological polar surface area (TPSA) is 22.1 Å². The van der Waals surface area contributed by atoms with Crippen molar-refractivity contribution in [3.63, 3.8) is 0 Å². The molecule has 0 atom stereocenters. The van der Waals surface area contributed by atoms with Crippen LogP contribution in [0.4, 0.5) is 0 Å². The van der Waals surface area contributed by atoms with Crippen LogP contribution in [0, 0.1) is 6.92 Å². The molecule has 2 heterocycles. The molecular weight excluding hydrogens is 186 g/mol. The van der Waals surface area contributed by atoms with Crippen LogP contribution in [0.25, 0.3) is 10.9 Å². The van der Waals surface area contributed by atoms with E-state index in [4.69, 9.17) is 9.72 Å². The lowest BCUT2D eigenvalue weighted by Gasteiger charge is -2.19. The average molecular weight is 199 g/mol. The van der Waals surface area contributed by atoms with Gasteiger partial charge in [-0.3, -0.25) is 4.98 Å². The first-order valence-corrected chi connectivity index (χ1v) is 5.31. The van der Waals surface area contributed by atoms with E-state index in [1.54, 1.807) is 0 Å². The largest absolute Gasteiger partial charge is 0.376 e. The Labute approximate surface area is 88.9 Å². The Morgan fingerprint density at radius 3 is 3.07 bits per heavy atom. The number of rotatable bonds is 0. The maximum atomic E-state index is 5.49. The van der Waals surface area contributed by atoms with Crippen LogP contribution in [0.2, 0.25) is 0 Å². The standard InChI is InChI=1S/C13H13NO/c1-9-10-4-2-3-5-12(10)14-13-6-7-15-8-11(9)13/h2-5H,6-8H2,1H3. The number of hydrogen-bond acceptors (Lipinski definition) is 2. The number of ether oxygens (including phenoxy) is 1. The van der Waals surface area contributed by atoms with Crippen molar-refractivity contribution in [2.75, 3.05) is 6.61 Å². The fraction of sp³-hybridized carbons (Fsp3) is 0.308. The molecule has 2 heteroatoms. The summed E-state index contributed by atoms with van der Waals surface area (Å²) in [4.78, 5) is 4.70. The van der Waals surface area contributed by atoms with E-state index in [0.717, 1.165) is 25.2 Å². The van der Waals surface area contributed by atoms with Crippen molar-refractivity contribution in [2.45, 2.75) is 20.0 Å². The summed E-state index contributed by atoms with van der Waals surface area (Å²) < 4.78 is 5.49. The first kappa shape index (κ1) is 8.86. The van der Waals surface area contributed by atoms with Crippen molar-refractivity contribution in [1.29, 1.82) is 0 Å². The molecule has 0 aliphatic carbocycles. The third-order valence-corrected chi connectivity index (χ3v) is 3.09. The van der Waals surface area contributed by atoms with Gasteiger partial charge in [0.15, 0.2) is 0 Å². The first-order valence-electron chi connectivity index (χ1n) is 5.31. The minimum absolute atomic E-state index is 0.721. The Morgan fingerprint density at radius 2 is 2.13 bits per heavy atom. The first-order chi connectivity index (χ1) is 7.36. The molecule has 1 aliphatic heterocycles. The van der Waals surface area contributed by atoms with Gasteiger partial charge in [0.25, 0.3) is 0 Å². The number of aryl methyl sites for hydroxylation is 1. The van der Waals surface area contributed by atoms with Crippen LogP contribution in [0.1, 0.15) is 16.8 Å². The second-order valence-electron chi connectivity index (χ2n) is 3.98. The Bertz CT molecular complexity index is 519. The van der Waals surface area contributed by atoms with Crippen molar-refractivity contribution in [3.05, 3.63) is 41.1 Å². The van der Waals surface area contributed by atoms with Gasteiger partial charge in [-0.1, -0.05) is 18.2 Å². The van der Waals surface area contributed by atoms with Gasteiger partial charge in [0.1, 0.15) is 0 Å². The molecule has 76 valence electrons. The quantitative estimate of drug-likeness (QED) is 0.650. The third kappa shape index (κ3) is 1.33. The van der Waals surface area contributed by atoms with Crippen molar-refractivity contribution in [1.82, 2.24) is 4.98 Å². The molecule has 3 rings (SSSR count). The zero-order chi connectivity index (χ0) is 10.3. The third-order valence-electron chi connectivity index (χ3n) is 3.09. The van der Waals surface area contributed by atoms with Gasteiger partial charge >= 0.3 is 0 Å². The van der Waals surface area contributed by atoms with Crippen LogP contribution in [0.15, 0.2) is 24.3 Å². The maximum Gasteiger partial charge on any atom is 0.0737 e. The molecule has 2 nitrogen and oxygen atoms in total. The van der Waals surface area contributed by atoms with Gasteiger partial charge in [0, 0.05) is 23.1 Å². The summed E-state index contributed by atoms with van der Waals surface area (Å²) in [5, 5.41) is 1.25. The van der Waals surface area contributed by atoms with Crippen LogP contribution < -0.4 is 0 Å². The number of pyridine rings is 1. The predicted molar refractivity (Wildman–Crippen MR) is 59.8 cm³/mol. The summed E-state index contributed by atoms with van der Waals surface area (Å²) >= 11 is 0. The lowest BCUT2D eigenvalue weighted by molar-refractivity contribution is 0.109. The van der Waals surface area contributed by atoms with E-state index < -0.39 is 0 Å². The minimum Gasteiger partial charge on any atom is -0.376 e. The molecule has 0 saturated carbocycles. The number of aromatic nitrogens is 1. The number of para-hydroxylation sites is 1. The van der Waals surface area contributed by atoms with Gasteiger partial charge in [0.2, 0.25) is 0 Å². The molecule has 0 fully saturated rings. The predicted octanol–water partition coefficient (Wildman–Crippen LogP) is 2.62. The Hall–Kier alpha value is -1.41. The second-order valence-corrected chi connectivity index (χ2v) is 3.98. The van der Waals surface area contributed by atoms with Crippen molar-refractivity contribution >= 4 is 10.9 Å². The number of benzene rings is 1. The summed E-state index contributed by atoms with van der Waals surface area (Å²) in [5.74, 6) is 0. The van der Waals surface area contributed by atoms with Crippen LogP contribution in [-0.2, 0) is 17.8 Å². The highest BCUT2D eigenvalue weighted by molar-refractivity contribution is 5.83. The number of fused-ring (bicyclic) bond motifs is 2. The summed E-state index contributed by atoms with van der Waals surface area (Å²) in [5.41, 5.74) is 4.95. The average Bonchev–Trinajstić information content (AvgIpc) is 2.30. The molecule has 0 bridgehead atoms. The molecule has 1 aromatic carbocycles. The van der Waals surface area contributed by atoms with E-state index in [9.17, 15) is 0 Å². The highest BCUT2D eigenvalue weighted by Gasteiger charge is 2.15.